The lowest BCUT2D eigenvalue weighted by molar-refractivity contribution is -0.152. The lowest BCUT2D eigenvalue weighted by Gasteiger charge is -2.32. The van der Waals surface area contributed by atoms with Crippen LogP contribution in [-0.4, -0.2) is 36.7 Å². The van der Waals surface area contributed by atoms with Crippen molar-refractivity contribution in [3.05, 3.63) is 53.3 Å². The predicted octanol–water partition coefficient (Wildman–Crippen LogP) is 2.61. The molecule has 0 fully saturated rings. The average molecular weight is 380 g/mol. The van der Waals surface area contributed by atoms with Gasteiger partial charge in [0.05, 0.1) is 24.9 Å². The Kier molecular flexibility index (Phi) is 4.22. The van der Waals surface area contributed by atoms with E-state index >= 15 is 0 Å². The molecule has 7 heteroatoms. The average Bonchev–Trinajstić information content (AvgIpc) is 2.70. The van der Waals surface area contributed by atoms with Gasteiger partial charge in [-0.2, -0.15) is 0 Å². The molecular formula is C21H16O7. The fraction of sp³-hybridized carbons (Fsp3) is 0.238. The van der Waals surface area contributed by atoms with Gasteiger partial charge in [-0.3, -0.25) is 14.4 Å². The van der Waals surface area contributed by atoms with Crippen LogP contribution >= 0.6 is 0 Å². The van der Waals surface area contributed by atoms with Crippen LogP contribution in [0.5, 0.6) is 5.75 Å². The Balaban J connectivity index is 1.92. The standard InChI is InChI=1S/C21H16O7/c1-10(22)28-20-12-6-4-3-5-11(12)7-14-17(20)19(24)15-9-27-16(21(25)26-2)8-13(15)18(14)23/h3-7,9,13,16H,8H2,1-2H3. The molecule has 142 valence electrons. The minimum atomic E-state index is -0.953. The number of ketones is 2. The van der Waals surface area contributed by atoms with Gasteiger partial charge in [-0.15, -0.1) is 0 Å². The Hall–Kier alpha value is -3.48. The molecule has 0 spiro atoms. The summed E-state index contributed by atoms with van der Waals surface area (Å²) in [5, 5.41) is 1.23. The van der Waals surface area contributed by atoms with E-state index in [9.17, 15) is 19.2 Å². The molecule has 1 heterocycles. The van der Waals surface area contributed by atoms with E-state index in [0.29, 0.717) is 10.8 Å². The largest absolute Gasteiger partial charge is 0.486 e. The van der Waals surface area contributed by atoms with Crippen molar-refractivity contribution in [3.63, 3.8) is 0 Å². The number of Topliss-reactive ketones (excluding diaryl/α,β-unsaturated/α-hetero) is 2. The third kappa shape index (κ3) is 2.67. The van der Waals surface area contributed by atoms with E-state index < -0.39 is 29.7 Å². The van der Waals surface area contributed by atoms with Crippen molar-refractivity contribution in [2.45, 2.75) is 19.4 Å². The molecule has 2 aromatic rings. The van der Waals surface area contributed by atoms with Crippen molar-refractivity contribution in [1.82, 2.24) is 0 Å². The molecule has 2 aromatic carbocycles. The summed E-state index contributed by atoms with van der Waals surface area (Å²) in [5.41, 5.74) is 0.357. The van der Waals surface area contributed by atoms with E-state index in [1.807, 2.05) is 0 Å². The Bertz CT molecular complexity index is 1080. The van der Waals surface area contributed by atoms with Crippen LogP contribution in [0.4, 0.5) is 0 Å². The molecule has 28 heavy (non-hydrogen) atoms. The minimum Gasteiger partial charge on any atom is -0.486 e. The van der Waals surface area contributed by atoms with Gasteiger partial charge in [0.1, 0.15) is 0 Å². The van der Waals surface area contributed by atoms with Gasteiger partial charge in [0.2, 0.25) is 0 Å². The summed E-state index contributed by atoms with van der Waals surface area (Å²) in [7, 11) is 1.23. The van der Waals surface area contributed by atoms with Crippen molar-refractivity contribution in [1.29, 1.82) is 0 Å². The molecular weight excluding hydrogens is 364 g/mol. The second-order valence-electron chi connectivity index (χ2n) is 6.65. The molecule has 0 saturated carbocycles. The van der Waals surface area contributed by atoms with Gasteiger partial charge in [0.25, 0.3) is 0 Å². The third-order valence-corrected chi connectivity index (χ3v) is 4.97. The maximum absolute atomic E-state index is 13.2. The Labute approximate surface area is 159 Å². The molecule has 0 radical (unpaired) electrons. The Morgan fingerprint density at radius 2 is 1.93 bits per heavy atom. The van der Waals surface area contributed by atoms with Crippen LogP contribution in [0.1, 0.15) is 34.1 Å². The van der Waals surface area contributed by atoms with E-state index in [4.69, 9.17) is 9.47 Å². The number of rotatable bonds is 2. The minimum absolute atomic E-state index is 0.0121. The molecule has 2 aliphatic rings. The first-order valence-corrected chi connectivity index (χ1v) is 8.68. The fourth-order valence-corrected chi connectivity index (χ4v) is 3.69. The molecule has 1 aliphatic heterocycles. The second kappa shape index (κ2) is 6.60. The molecule has 4 rings (SSSR count). The third-order valence-electron chi connectivity index (χ3n) is 4.97. The van der Waals surface area contributed by atoms with E-state index in [1.165, 1.54) is 14.0 Å². The number of methoxy groups -OCH3 is 1. The van der Waals surface area contributed by atoms with Gasteiger partial charge in [-0.25, -0.2) is 4.79 Å². The highest BCUT2D eigenvalue weighted by Gasteiger charge is 2.45. The number of carbonyl (C=O) groups excluding carboxylic acids is 4. The summed E-state index contributed by atoms with van der Waals surface area (Å²) >= 11 is 0. The topological polar surface area (TPSA) is 96.0 Å². The fourth-order valence-electron chi connectivity index (χ4n) is 3.69. The summed E-state index contributed by atoms with van der Waals surface area (Å²) < 4.78 is 15.3. The molecule has 7 nitrogen and oxygen atoms in total. The Morgan fingerprint density at radius 1 is 1.18 bits per heavy atom. The number of ether oxygens (including phenoxy) is 3. The summed E-state index contributed by atoms with van der Waals surface area (Å²) in [6.07, 6.45) is 0.203. The van der Waals surface area contributed by atoms with Crippen molar-refractivity contribution in [2.75, 3.05) is 7.11 Å². The van der Waals surface area contributed by atoms with Crippen molar-refractivity contribution >= 4 is 34.3 Å². The second-order valence-corrected chi connectivity index (χ2v) is 6.65. The molecule has 0 saturated heterocycles. The maximum Gasteiger partial charge on any atom is 0.347 e. The van der Waals surface area contributed by atoms with Crippen LogP contribution in [0, 0.1) is 5.92 Å². The highest BCUT2D eigenvalue weighted by atomic mass is 16.6. The van der Waals surface area contributed by atoms with Crippen LogP contribution < -0.4 is 4.74 Å². The monoisotopic (exact) mass is 380 g/mol. The number of hydrogen-bond acceptors (Lipinski definition) is 7. The molecule has 0 N–H and O–H groups in total. The van der Waals surface area contributed by atoms with Crippen LogP contribution in [0.15, 0.2) is 42.2 Å². The van der Waals surface area contributed by atoms with Gasteiger partial charge in [-0.1, -0.05) is 24.3 Å². The number of benzene rings is 2. The van der Waals surface area contributed by atoms with E-state index in [-0.39, 0.29) is 34.7 Å². The zero-order valence-electron chi connectivity index (χ0n) is 15.2. The number of carbonyl (C=O) groups is 4. The quantitative estimate of drug-likeness (QED) is 0.584. The molecule has 2 atom stereocenters. The van der Waals surface area contributed by atoms with Gasteiger partial charge >= 0.3 is 11.9 Å². The normalized spacial score (nSPS) is 20.6. The smallest absolute Gasteiger partial charge is 0.347 e. The number of esters is 2. The summed E-state index contributed by atoms with van der Waals surface area (Å²) in [6.45, 7) is 1.23. The first-order chi connectivity index (χ1) is 13.4. The van der Waals surface area contributed by atoms with Crippen molar-refractivity contribution < 1.29 is 33.4 Å². The van der Waals surface area contributed by atoms with Gasteiger partial charge in [-0.05, 0) is 11.5 Å². The Morgan fingerprint density at radius 3 is 2.64 bits per heavy atom. The zero-order valence-corrected chi connectivity index (χ0v) is 15.2. The van der Waals surface area contributed by atoms with Gasteiger partial charge < -0.3 is 14.2 Å². The molecule has 2 unspecified atom stereocenters. The highest BCUT2D eigenvalue weighted by molar-refractivity contribution is 6.27. The summed E-state index contributed by atoms with van der Waals surface area (Å²) in [6, 6.07) is 8.65. The predicted molar refractivity (Wildman–Crippen MR) is 97.0 cm³/mol. The lowest BCUT2D eigenvalue weighted by Crippen LogP contribution is -2.39. The first-order valence-electron chi connectivity index (χ1n) is 8.68. The van der Waals surface area contributed by atoms with Crippen molar-refractivity contribution in [2.24, 2.45) is 5.92 Å². The summed E-state index contributed by atoms with van der Waals surface area (Å²) in [4.78, 5) is 49.8. The molecule has 0 amide bonds. The lowest BCUT2D eigenvalue weighted by atomic mass is 9.74. The van der Waals surface area contributed by atoms with Crippen LogP contribution in [-0.2, 0) is 19.1 Å². The van der Waals surface area contributed by atoms with E-state index in [0.717, 1.165) is 6.26 Å². The molecule has 0 aromatic heterocycles. The van der Waals surface area contributed by atoms with Gasteiger partial charge in [0.15, 0.2) is 23.4 Å². The number of allylic oxidation sites excluding steroid dienone is 1. The van der Waals surface area contributed by atoms with E-state index in [2.05, 4.69) is 4.74 Å². The zero-order chi connectivity index (χ0) is 20.0. The maximum atomic E-state index is 13.2. The molecule has 0 bridgehead atoms. The molecule has 1 aliphatic carbocycles. The van der Waals surface area contributed by atoms with Gasteiger partial charge in [0, 0.05) is 29.9 Å². The van der Waals surface area contributed by atoms with E-state index in [1.54, 1.807) is 30.3 Å². The number of fused-ring (bicyclic) bond motifs is 3. The van der Waals surface area contributed by atoms with Crippen LogP contribution in [0.2, 0.25) is 0 Å². The number of hydrogen-bond donors (Lipinski definition) is 0. The summed E-state index contributed by atoms with van der Waals surface area (Å²) in [5.74, 6) is -2.74. The highest BCUT2D eigenvalue weighted by Crippen LogP contribution is 2.43. The van der Waals surface area contributed by atoms with Crippen molar-refractivity contribution in [3.8, 4) is 5.75 Å². The van der Waals surface area contributed by atoms with Crippen LogP contribution in [0.25, 0.3) is 10.8 Å². The van der Waals surface area contributed by atoms with Crippen LogP contribution in [0.3, 0.4) is 0 Å². The SMILES string of the molecule is COC(=O)C1CC2C(=O)c3cc4ccccc4c(OC(C)=O)c3C(=O)C2=CO1. The first kappa shape index (κ1) is 17.9.